The molecule has 2 heterocycles. The molecule has 0 spiro atoms. The van der Waals surface area contributed by atoms with Gasteiger partial charge >= 0.3 is 0 Å². The highest BCUT2D eigenvalue weighted by molar-refractivity contribution is 7.89. The van der Waals surface area contributed by atoms with Crippen LogP contribution in [0, 0.1) is 0 Å². The van der Waals surface area contributed by atoms with Crippen LogP contribution in [0.15, 0.2) is 51.8 Å². The third kappa shape index (κ3) is 5.36. The van der Waals surface area contributed by atoms with Gasteiger partial charge in [-0.3, -0.25) is 4.79 Å². The zero-order valence-electron chi connectivity index (χ0n) is 14.4. The number of ether oxygens (including phenoxy) is 1. The number of benzene rings is 1. The van der Waals surface area contributed by atoms with Crippen LogP contribution >= 0.6 is 11.3 Å². The molecule has 3 rings (SSSR count). The summed E-state index contributed by atoms with van der Waals surface area (Å²) in [5.41, 5.74) is 0.375. The molecule has 0 atom stereocenters. The minimum Gasteiger partial charge on any atom is -0.386 e. The van der Waals surface area contributed by atoms with Crippen molar-refractivity contribution in [2.45, 2.75) is 4.90 Å². The molecule has 1 amide bonds. The predicted molar refractivity (Wildman–Crippen MR) is 103 cm³/mol. The SMILES string of the molecule is O=C(CO/N=C/c1cccs1)Nc1cccc(S(=O)(=O)N2CCOCC2)c1. The molecule has 10 heteroatoms. The molecule has 1 fully saturated rings. The highest BCUT2D eigenvalue weighted by atomic mass is 32.2. The molecule has 0 saturated carbocycles. The second-order valence-corrected chi connectivity index (χ2v) is 8.53. The quantitative estimate of drug-likeness (QED) is 0.555. The van der Waals surface area contributed by atoms with E-state index in [2.05, 4.69) is 10.5 Å². The van der Waals surface area contributed by atoms with Crippen molar-refractivity contribution in [3.8, 4) is 0 Å². The van der Waals surface area contributed by atoms with E-state index in [0.717, 1.165) is 4.88 Å². The number of oxime groups is 1. The maximum atomic E-state index is 12.7. The molecule has 1 saturated heterocycles. The highest BCUT2D eigenvalue weighted by Gasteiger charge is 2.26. The lowest BCUT2D eigenvalue weighted by molar-refractivity contribution is -0.120. The van der Waals surface area contributed by atoms with Crippen molar-refractivity contribution >= 4 is 39.2 Å². The lowest BCUT2D eigenvalue weighted by atomic mass is 10.3. The topological polar surface area (TPSA) is 97.3 Å². The lowest BCUT2D eigenvalue weighted by Gasteiger charge is -2.26. The first-order valence-corrected chi connectivity index (χ1v) is 10.5. The van der Waals surface area contributed by atoms with Crippen molar-refractivity contribution in [3.05, 3.63) is 46.7 Å². The molecule has 0 bridgehead atoms. The molecular formula is C17H19N3O5S2. The summed E-state index contributed by atoms with van der Waals surface area (Å²) in [6, 6.07) is 9.89. The molecule has 1 N–H and O–H groups in total. The highest BCUT2D eigenvalue weighted by Crippen LogP contribution is 2.20. The van der Waals surface area contributed by atoms with Crippen LogP contribution in [-0.2, 0) is 24.4 Å². The van der Waals surface area contributed by atoms with Crippen molar-refractivity contribution in [2.24, 2.45) is 5.16 Å². The molecule has 2 aromatic rings. The standard InChI is InChI=1S/C17H19N3O5S2/c21-17(13-25-18-12-15-4-2-10-26-15)19-14-3-1-5-16(11-14)27(22,23)20-6-8-24-9-7-20/h1-5,10-12H,6-9,13H2,(H,19,21)/b18-12+. The van der Waals surface area contributed by atoms with Crippen LogP contribution in [0.3, 0.4) is 0 Å². The summed E-state index contributed by atoms with van der Waals surface area (Å²) in [5.74, 6) is -0.431. The molecule has 0 unspecified atom stereocenters. The maximum Gasteiger partial charge on any atom is 0.265 e. The monoisotopic (exact) mass is 409 g/mol. The first kappa shape index (κ1) is 19.5. The minimum atomic E-state index is -3.62. The Kier molecular flexibility index (Phi) is 6.56. The number of hydrogen-bond donors (Lipinski definition) is 1. The van der Waals surface area contributed by atoms with Gasteiger partial charge in [-0.05, 0) is 29.6 Å². The molecule has 0 radical (unpaired) electrons. The minimum absolute atomic E-state index is 0.124. The first-order chi connectivity index (χ1) is 13.1. The van der Waals surface area contributed by atoms with E-state index in [4.69, 9.17) is 9.57 Å². The van der Waals surface area contributed by atoms with Gasteiger partial charge in [-0.15, -0.1) is 11.3 Å². The number of carbonyl (C=O) groups is 1. The Labute approximate surface area is 161 Å². The largest absolute Gasteiger partial charge is 0.386 e. The number of thiophene rings is 1. The Morgan fingerprint density at radius 2 is 2.11 bits per heavy atom. The summed E-state index contributed by atoms with van der Waals surface area (Å²) in [5, 5.41) is 8.24. The van der Waals surface area contributed by atoms with Gasteiger partial charge in [0.05, 0.1) is 24.3 Å². The smallest absolute Gasteiger partial charge is 0.265 e. The maximum absolute atomic E-state index is 12.7. The third-order valence-corrected chi connectivity index (χ3v) is 6.42. The fourth-order valence-corrected chi connectivity index (χ4v) is 4.45. The summed E-state index contributed by atoms with van der Waals surface area (Å²) < 4.78 is 31.9. The van der Waals surface area contributed by atoms with Gasteiger partial charge in [0.25, 0.3) is 5.91 Å². The van der Waals surface area contributed by atoms with E-state index in [-0.39, 0.29) is 11.5 Å². The van der Waals surface area contributed by atoms with E-state index < -0.39 is 15.9 Å². The van der Waals surface area contributed by atoms with Crippen molar-refractivity contribution < 1.29 is 22.8 Å². The molecule has 8 nitrogen and oxygen atoms in total. The molecule has 1 aliphatic heterocycles. The van der Waals surface area contributed by atoms with E-state index in [1.807, 2.05) is 17.5 Å². The normalized spacial score (nSPS) is 15.7. The number of carbonyl (C=O) groups excluding carboxylic acids is 1. The third-order valence-electron chi connectivity index (χ3n) is 3.72. The lowest BCUT2D eigenvalue weighted by Crippen LogP contribution is -2.40. The van der Waals surface area contributed by atoms with Crippen LogP contribution in [0.25, 0.3) is 0 Å². The number of morpholine rings is 1. The number of amides is 1. The Balaban J connectivity index is 1.57. The van der Waals surface area contributed by atoms with Gasteiger partial charge in [0.1, 0.15) is 0 Å². The fourth-order valence-electron chi connectivity index (χ4n) is 2.42. The summed E-state index contributed by atoms with van der Waals surface area (Å²) in [7, 11) is -3.62. The Hall–Kier alpha value is -2.27. The second kappa shape index (κ2) is 9.09. The van der Waals surface area contributed by atoms with Crippen LogP contribution in [0.2, 0.25) is 0 Å². The Bertz CT molecular complexity index is 891. The van der Waals surface area contributed by atoms with E-state index >= 15 is 0 Å². The van der Waals surface area contributed by atoms with Gasteiger partial charge in [-0.2, -0.15) is 4.31 Å². The van der Waals surface area contributed by atoms with E-state index in [0.29, 0.717) is 32.0 Å². The van der Waals surface area contributed by atoms with Gasteiger partial charge in [0.15, 0.2) is 6.61 Å². The fraction of sp³-hybridized carbons (Fsp3) is 0.294. The van der Waals surface area contributed by atoms with Crippen molar-refractivity contribution in [1.29, 1.82) is 0 Å². The molecule has 1 aliphatic rings. The molecule has 1 aromatic heterocycles. The number of nitrogens with zero attached hydrogens (tertiary/aromatic N) is 2. The van der Waals surface area contributed by atoms with E-state index in [9.17, 15) is 13.2 Å². The number of rotatable bonds is 7. The molecule has 0 aliphatic carbocycles. The van der Waals surface area contributed by atoms with Crippen LogP contribution in [0.1, 0.15) is 4.88 Å². The van der Waals surface area contributed by atoms with Gasteiger partial charge in [0.2, 0.25) is 10.0 Å². The number of anilines is 1. The Morgan fingerprint density at radius 3 is 2.85 bits per heavy atom. The van der Waals surface area contributed by atoms with Gasteiger partial charge in [0, 0.05) is 23.7 Å². The van der Waals surface area contributed by atoms with Crippen LogP contribution in [-0.4, -0.2) is 57.8 Å². The van der Waals surface area contributed by atoms with Crippen molar-refractivity contribution in [2.75, 3.05) is 38.2 Å². The Morgan fingerprint density at radius 1 is 1.30 bits per heavy atom. The predicted octanol–water partition coefficient (Wildman–Crippen LogP) is 1.76. The number of sulfonamides is 1. The zero-order chi connectivity index (χ0) is 19.1. The summed E-state index contributed by atoms with van der Waals surface area (Å²) in [4.78, 5) is 17.9. The number of hydrogen-bond acceptors (Lipinski definition) is 7. The molecular weight excluding hydrogens is 390 g/mol. The molecule has 144 valence electrons. The summed E-state index contributed by atoms with van der Waals surface area (Å²) >= 11 is 1.50. The van der Waals surface area contributed by atoms with E-state index in [1.54, 1.807) is 12.1 Å². The van der Waals surface area contributed by atoms with Crippen molar-refractivity contribution in [3.63, 3.8) is 0 Å². The zero-order valence-corrected chi connectivity index (χ0v) is 16.0. The average Bonchev–Trinajstić information content (AvgIpc) is 3.20. The van der Waals surface area contributed by atoms with Crippen LogP contribution < -0.4 is 5.32 Å². The number of nitrogens with one attached hydrogen (secondary N) is 1. The van der Waals surface area contributed by atoms with Crippen molar-refractivity contribution in [1.82, 2.24) is 4.31 Å². The first-order valence-electron chi connectivity index (χ1n) is 8.22. The second-order valence-electron chi connectivity index (χ2n) is 5.62. The van der Waals surface area contributed by atoms with Gasteiger partial charge < -0.3 is 14.9 Å². The van der Waals surface area contributed by atoms with E-state index in [1.165, 1.54) is 34.0 Å². The molecule has 1 aromatic carbocycles. The summed E-state index contributed by atoms with van der Waals surface area (Å²) in [6.07, 6.45) is 1.52. The van der Waals surface area contributed by atoms with Gasteiger partial charge in [-0.1, -0.05) is 17.3 Å². The van der Waals surface area contributed by atoms with Crippen LogP contribution in [0.5, 0.6) is 0 Å². The average molecular weight is 409 g/mol. The van der Waals surface area contributed by atoms with Gasteiger partial charge in [-0.25, -0.2) is 8.42 Å². The summed E-state index contributed by atoms with van der Waals surface area (Å²) in [6.45, 7) is 1.10. The van der Waals surface area contributed by atoms with Crippen LogP contribution in [0.4, 0.5) is 5.69 Å². The molecule has 27 heavy (non-hydrogen) atoms.